The standard InChI is InChI=1S/C16H27N3O3/c1-5-22-9-8-19-14(10-13(3)17-19)15(20)18-7-6-16(4,21)12(2)11-18/h10,12,21H,5-9,11H2,1-4H3/t12-,16+/m0/s1. The highest BCUT2D eigenvalue weighted by Crippen LogP contribution is 2.28. The molecule has 1 aromatic rings. The molecule has 0 spiro atoms. The number of carbonyl (C=O) groups excluding carboxylic acids is 1. The van der Waals surface area contributed by atoms with Gasteiger partial charge in [-0.3, -0.25) is 9.48 Å². The molecule has 2 atom stereocenters. The average molecular weight is 309 g/mol. The molecule has 0 aliphatic carbocycles. The molecule has 0 bridgehead atoms. The quantitative estimate of drug-likeness (QED) is 0.836. The molecule has 1 amide bonds. The van der Waals surface area contributed by atoms with Crippen LogP contribution in [0.1, 0.15) is 43.4 Å². The summed E-state index contributed by atoms with van der Waals surface area (Å²) in [6.45, 7) is 10.6. The van der Waals surface area contributed by atoms with Gasteiger partial charge < -0.3 is 14.7 Å². The number of piperidine rings is 1. The summed E-state index contributed by atoms with van der Waals surface area (Å²) in [5.41, 5.74) is 0.741. The number of ether oxygens (including phenoxy) is 1. The molecule has 2 heterocycles. The Morgan fingerprint density at radius 3 is 2.95 bits per heavy atom. The molecule has 1 aromatic heterocycles. The van der Waals surface area contributed by atoms with Crippen LogP contribution >= 0.6 is 0 Å². The minimum absolute atomic E-state index is 0.0144. The number of carbonyl (C=O) groups is 1. The summed E-state index contributed by atoms with van der Waals surface area (Å²) < 4.78 is 7.08. The lowest BCUT2D eigenvalue weighted by Crippen LogP contribution is -2.51. The summed E-state index contributed by atoms with van der Waals surface area (Å²) in [4.78, 5) is 14.6. The van der Waals surface area contributed by atoms with E-state index in [2.05, 4.69) is 5.10 Å². The molecule has 6 nitrogen and oxygen atoms in total. The molecular formula is C16H27N3O3. The second kappa shape index (κ2) is 6.79. The lowest BCUT2D eigenvalue weighted by atomic mass is 9.84. The predicted octanol–water partition coefficient (Wildman–Crippen LogP) is 1.46. The highest BCUT2D eigenvalue weighted by atomic mass is 16.5. The first-order valence-electron chi connectivity index (χ1n) is 7.99. The highest BCUT2D eigenvalue weighted by Gasteiger charge is 2.37. The van der Waals surface area contributed by atoms with Crippen molar-refractivity contribution in [1.29, 1.82) is 0 Å². The van der Waals surface area contributed by atoms with Crippen molar-refractivity contribution in [3.05, 3.63) is 17.5 Å². The van der Waals surface area contributed by atoms with Gasteiger partial charge in [-0.1, -0.05) is 6.92 Å². The second-order valence-corrected chi connectivity index (χ2v) is 6.35. The number of rotatable bonds is 5. The zero-order valence-corrected chi connectivity index (χ0v) is 14.0. The van der Waals surface area contributed by atoms with Gasteiger partial charge in [-0.05, 0) is 33.3 Å². The van der Waals surface area contributed by atoms with Gasteiger partial charge in [-0.15, -0.1) is 0 Å². The molecule has 1 N–H and O–H groups in total. The van der Waals surface area contributed by atoms with E-state index in [1.165, 1.54) is 0 Å². The van der Waals surface area contributed by atoms with E-state index in [-0.39, 0.29) is 11.8 Å². The van der Waals surface area contributed by atoms with E-state index in [9.17, 15) is 9.90 Å². The highest BCUT2D eigenvalue weighted by molar-refractivity contribution is 5.92. The Morgan fingerprint density at radius 2 is 2.32 bits per heavy atom. The van der Waals surface area contributed by atoms with Crippen LogP contribution in [0.2, 0.25) is 0 Å². The van der Waals surface area contributed by atoms with E-state index in [4.69, 9.17) is 4.74 Å². The number of hydrogen-bond acceptors (Lipinski definition) is 4. The Labute approximate surface area is 132 Å². The smallest absolute Gasteiger partial charge is 0.272 e. The number of nitrogens with zero attached hydrogens (tertiary/aromatic N) is 3. The van der Waals surface area contributed by atoms with E-state index in [1.807, 2.05) is 38.7 Å². The fraction of sp³-hybridized carbons (Fsp3) is 0.750. The first-order chi connectivity index (χ1) is 10.3. The van der Waals surface area contributed by atoms with Gasteiger partial charge in [-0.2, -0.15) is 5.10 Å². The topological polar surface area (TPSA) is 67.6 Å². The number of aromatic nitrogens is 2. The first-order valence-corrected chi connectivity index (χ1v) is 7.99. The number of hydrogen-bond donors (Lipinski definition) is 1. The number of amides is 1. The molecule has 22 heavy (non-hydrogen) atoms. The van der Waals surface area contributed by atoms with Crippen LogP contribution in [0, 0.1) is 12.8 Å². The van der Waals surface area contributed by atoms with Gasteiger partial charge in [-0.25, -0.2) is 0 Å². The third-order valence-electron chi connectivity index (χ3n) is 4.50. The van der Waals surface area contributed by atoms with Crippen LogP contribution in [0.25, 0.3) is 0 Å². The van der Waals surface area contributed by atoms with Crippen molar-refractivity contribution in [2.75, 3.05) is 26.3 Å². The molecule has 1 aliphatic heterocycles. The summed E-state index contributed by atoms with van der Waals surface area (Å²) in [5.74, 6) is 0.0468. The monoisotopic (exact) mass is 309 g/mol. The van der Waals surface area contributed by atoms with E-state index in [1.54, 1.807) is 4.68 Å². The van der Waals surface area contributed by atoms with Crippen LogP contribution < -0.4 is 0 Å². The largest absolute Gasteiger partial charge is 0.390 e. The van der Waals surface area contributed by atoms with E-state index < -0.39 is 5.60 Å². The van der Waals surface area contributed by atoms with Crippen LogP contribution in [0.4, 0.5) is 0 Å². The Bertz CT molecular complexity index is 525. The van der Waals surface area contributed by atoms with Crippen molar-refractivity contribution in [2.45, 2.75) is 46.3 Å². The van der Waals surface area contributed by atoms with Gasteiger partial charge in [0, 0.05) is 25.6 Å². The minimum Gasteiger partial charge on any atom is -0.390 e. The Hall–Kier alpha value is -1.40. The van der Waals surface area contributed by atoms with Crippen molar-refractivity contribution < 1.29 is 14.6 Å². The predicted molar refractivity (Wildman–Crippen MR) is 83.8 cm³/mol. The number of likely N-dealkylation sites (tertiary alicyclic amines) is 1. The molecule has 1 fully saturated rings. The molecule has 1 aliphatic rings. The van der Waals surface area contributed by atoms with Crippen molar-refractivity contribution in [3.8, 4) is 0 Å². The Morgan fingerprint density at radius 1 is 1.59 bits per heavy atom. The third kappa shape index (κ3) is 3.67. The Balaban J connectivity index is 2.09. The second-order valence-electron chi connectivity index (χ2n) is 6.35. The van der Waals surface area contributed by atoms with Gasteiger partial charge in [0.1, 0.15) is 5.69 Å². The number of aliphatic hydroxyl groups is 1. The lowest BCUT2D eigenvalue weighted by Gasteiger charge is -2.41. The summed E-state index contributed by atoms with van der Waals surface area (Å²) in [6.07, 6.45) is 0.603. The number of aryl methyl sites for hydroxylation is 1. The van der Waals surface area contributed by atoms with E-state index in [0.29, 0.717) is 45.0 Å². The zero-order valence-electron chi connectivity index (χ0n) is 14.0. The maximum absolute atomic E-state index is 12.8. The summed E-state index contributed by atoms with van der Waals surface area (Å²) >= 11 is 0. The molecule has 0 unspecified atom stereocenters. The van der Waals surface area contributed by atoms with Crippen molar-refractivity contribution in [3.63, 3.8) is 0 Å². The van der Waals surface area contributed by atoms with E-state index >= 15 is 0 Å². The SMILES string of the molecule is CCOCCn1nc(C)cc1C(=O)N1CC[C@@](C)(O)[C@@H](C)C1. The van der Waals surface area contributed by atoms with Gasteiger partial charge in [0.05, 0.1) is 24.4 Å². The normalized spacial score (nSPS) is 25.5. The fourth-order valence-electron chi connectivity index (χ4n) is 2.76. The van der Waals surface area contributed by atoms with Gasteiger partial charge in [0.15, 0.2) is 0 Å². The molecule has 2 rings (SSSR count). The Kier molecular flexibility index (Phi) is 5.24. The molecular weight excluding hydrogens is 282 g/mol. The van der Waals surface area contributed by atoms with Crippen LogP contribution in [-0.4, -0.2) is 57.6 Å². The average Bonchev–Trinajstić information content (AvgIpc) is 2.82. The van der Waals surface area contributed by atoms with Crippen LogP contribution in [0.5, 0.6) is 0 Å². The lowest BCUT2D eigenvalue weighted by molar-refractivity contribution is -0.0441. The van der Waals surface area contributed by atoms with Crippen LogP contribution in [-0.2, 0) is 11.3 Å². The molecule has 0 aromatic carbocycles. The minimum atomic E-state index is -0.693. The van der Waals surface area contributed by atoms with Gasteiger partial charge >= 0.3 is 0 Å². The third-order valence-corrected chi connectivity index (χ3v) is 4.50. The summed E-state index contributed by atoms with van der Waals surface area (Å²) in [7, 11) is 0. The van der Waals surface area contributed by atoms with Crippen LogP contribution in [0.15, 0.2) is 6.07 Å². The van der Waals surface area contributed by atoms with Gasteiger partial charge in [0.25, 0.3) is 5.91 Å². The van der Waals surface area contributed by atoms with E-state index in [0.717, 1.165) is 5.69 Å². The van der Waals surface area contributed by atoms with Crippen molar-refractivity contribution in [2.24, 2.45) is 5.92 Å². The summed E-state index contributed by atoms with van der Waals surface area (Å²) in [5, 5.41) is 14.6. The van der Waals surface area contributed by atoms with Gasteiger partial charge in [0.2, 0.25) is 0 Å². The molecule has 1 saturated heterocycles. The van der Waals surface area contributed by atoms with Crippen LogP contribution in [0.3, 0.4) is 0 Å². The maximum Gasteiger partial charge on any atom is 0.272 e. The maximum atomic E-state index is 12.8. The molecule has 0 saturated carbocycles. The molecule has 124 valence electrons. The fourth-order valence-corrected chi connectivity index (χ4v) is 2.76. The molecule has 6 heteroatoms. The molecule has 0 radical (unpaired) electrons. The van der Waals surface area contributed by atoms with Crippen molar-refractivity contribution >= 4 is 5.91 Å². The van der Waals surface area contributed by atoms with Crippen molar-refractivity contribution in [1.82, 2.24) is 14.7 Å². The zero-order chi connectivity index (χ0) is 16.3. The summed E-state index contributed by atoms with van der Waals surface area (Å²) in [6, 6.07) is 1.83. The first kappa shape index (κ1) is 17.0.